The van der Waals surface area contributed by atoms with Crippen LogP contribution in [0.3, 0.4) is 0 Å². The highest BCUT2D eigenvalue weighted by Gasteiger charge is 2.07. The normalized spacial score (nSPS) is 10.5. The van der Waals surface area contributed by atoms with E-state index in [-0.39, 0.29) is 0 Å². The molecule has 3 rings (SSSR count). The lowest BCUT2D eigenvalue weighted by Gasteiger charge is -2.09. The second-order valence-corrected chi connectivity index (χ2v) is 5.62. The summed E-state index contributed by atoms with van der Waals surface area (Å²) in [5, 5.41) is 10.1. The highest BCUT2D eigenvalue weighted by molar-refractivity contribution is 9.10. The summed E-state index contributed by atoms with van der Waals surface area (Å²) >= 11 is 3.51. The first-order valence-corrected chi connectivity index (χ1v) is 7.32. The summed E-state index contributed by atoms with van der Waals surface area (Å²) in [5.74, 6) is 0.822. The van der Waals surface area contributed by atoms with E-state index in [4.69, 9.17) is 10.00 Å². The number of nitrogens with zero attached hydrogens (tertiary/aromatic N) is 2. The number of fused-ring (bicyclic) bond motifs is 1. The minimum absolute atomic E-state index is 0.710. The molecule has 0 saturated carbocycles. The fraction of sp³-hybridized carbons (Fsp3) is 0.118. The summed E-state index contributed by atoms with van der Waals surface area (Å²) in [7, 11) is 1.66. The third-order valence-corrected chi connectivity index (χ3v) is 4.12. The molecule has 4 heteroatoms. The van der Waals surface area contributed by atoms with Crippen molar-refractivity contribution in [2.24, 2.45) is 0 Å². The zero-order valence-electron chi connectivity index (χ0n) is 11.5. The quantitative estimate of drug-likeness (QED) is 0.711. The molecular weight excluding hydrogens is 328 g/mol. The monoisotopic (exact) mass is 340 g/mol. The molecule has 1 heterocycles. The molecule has 0 bridgehead atoms. The minimum Gasteiger partial charge on any atom is -0.496 e. The lowest BCUT2D eigenvalue weighted by atomic mass is 10.1. The Kier molecular flexibility index (Phi) is 3.68. The lowest BCUT2D eigenvalue weighted by Crippen LogP contribution is -1.98. The number of aromatic nitrogens is 1. The average Bonchev–Trinajstić information content (AvgIpc) is 2.91. The third-order valence-electron chi connectivity index (χ3n) is 3.50. The number of halogens is 1. The van der Waals surface area contributed by atoms with E-state index < -0.39 is 0 Å². The SMILES string of the molecule is COc1ccc(Cn2ccc3c(C#N)cccc32)cc1Br. The van der Waals surface area contributed by atoms with E-state index in [1.807, 2.05) is 42.6 Å². The van der Waals surface area contributed by atoms with Gasteiger partial charge < -0.3 is 9.30 Å². The minimum atomic E-state index is 0.710. The number of ether oxygens (including phenoxy) is 1. The third kappa shape index (κ3) is 2.53. The van der Waals surface area contributed by atoms with Gasteiger partial charge in [0.1, 0.15) is 5.75 Å². The number of benzene rings is 2. The summed E-state index contributed by atoms with van der Waals surface area (Å²) < 4.78 is 8.33. The van der Waals surface area contributed by atoms with Crippen molar-refractivity contribution in [2.45, 2.75) is 6.54 Å². The Morgan fingerprint density at radius 3 is 2.81 bits per heavy atom. The van der Waals surface area contributed by atoms with Crippen LogP contribution in [0.1, 0.15) is 11.1 Å². The second kappa shape index (κ2) is 5.63. The van der Waals surface area contributed by atoms with Crippen molar-refractivity contribution in [3.05, 3.63) is 64.3 Å². The van der Waals surface area contributed by atoms with Gasteiger partial charge in [-0.2, -0.15) is 5.26 Å². The molecule has 3 aromatic rings. The summed E-state index contributed by atoms with van der Waals surface area (Å²) in [5.41, 5.74) is 2.95. The molecular formula is C17H13BrN2O. The Morgan fingerprint density at radius 1 is 1.24 bits per heavy atom. The molecule has 0 spiro atoms. The lowest BCUT2D eigenvalue weighted by molar-refractivity contribution is 0.412. The van der Waals surface area contributed by atoms with Gasteiger partial charge >= 0.3 is 0 Å². The average molecular weight is 341 g/mol. The van der Waals surface area contributed by atoms with Gasteiger partial charge in [-0.1, -0.05) is 12.1 Å². The Labute approximate surface area is 131 Å². The topological polar surface area (TPSA) is 38.0 Å². The molecule has 1 aromatic heterocycles. The number of methoxy groups -OCH3 is 1. The largest absolute Gasteiger partial charge is 0.496 e. The first-order chi connectivity index (χ1) is 10.2. The van der Waals surface area contributed by atoms with Crippen molar-refractivity contribution in [1.29, 1.82) is 5.26 Å². The molecule has 0 amide bonds. The predicted molar refractivity (Wildman–Crippen MR) is 86.4 cm³/mol. The molecule has 21 heavy (non-hydrogen) atoms. The van der Waals surface area contributed by atoms with Gasteiger partial charge in [-0.15, -0.1) is 0 Å². The van der Waals surface area contributed by atoms with Crippen LogP contribution < -0.4 is 4.74 Å². The van der Waals surface area contributed by atoms with E-state index in [1.165, 1.54) is 5.56 Å². The fourth-order valence-electron chi connectivity index (χ4n) is 2.46. The van der Waals surface area contributed by atoms with Gasteiger partial charge in [-0.05, 0) is 51.8 Å². The standard InChI is InChI=1S/C17H13BrN2O/c1-21-17-6-5-12(9-15(17)18)11-20-8-7-14-13(10-19)3-2-4-16(14)20/h2-9H,11H2,1H3. The molecule has 104 valence electrons. The van der Waals surface area contributed by atoms with E-state index >= 15 is 0 Å². The molecule has 0 saturated heterocycles. The Morgan fingerprint density at radius 2 is 2.10 bits per heavy atom. The molecule has 2 aromatic carbocycles. The second-order valence-electron chi connectivity index (χ2n) is 4.76. The van der Waals surface area contributed by atoms with Gasteiger partial charge in [0, 0.05) is 23.6 Å². The highest BCUT2D eigenvalue weighted by atomic mass is 79.9. The van der Waals surface area contributed by atoms with Crippen LogP contribution in [0, 0.1) is 11.3 Å². The van der Waals surface area contributed by atoms with Crippen LogP contribution in [0.25, 0.3) is 10.9 Å². The molecule has 0 radical (unpaired) electrons. The molecule has 0 aliphatic rings. The zero-order chi connectivity index (χ0) is 14.8. The first-order valence-electron chi connectivity index (χ1n) is 6.53. The molecule has 0 N–H and O–H groups in total. The van der Waals surface area contributed by atoms with Gasteiger partial charge in [0.15, 0.2) is 0 Å². The molecule has 0 atom stereocenters. The van der Waals surface area contributed by atoms with Crippen molar-refractivity contribution >= 4 is 26.8 Å². The number of hydrogen-bond donors (Lipinski definition) is 0. The van der Waals surface area contributed by atoms with Gasteiger partial charge in [0.2, 0.25) is 0 Å². The van der Waals surface area contributed by atoms with E-state index in [1.54, 1.807) is 7.11 Å². The van der Waals surface area contributed by atoms with Crippen LogP contribution in [0.15, 0.2) is 53.1 Å². The van der Waals surface area contributed by atoms with E-state index in [2.05, 4.69) is 32.6 Å². The summed E-state index contributed by atoms with van der Waals surface area (Å²) in [6.45, 7) is 0.751. The van der Waals surface area contributed by atoms with Crippen LogP contribution in [-0.4, -0.2) is 11.7 Å². The Balaban J connectivity index is 1.99. The maximum atomic E-state index is 9.15. The predicted octanol–water partition coefficient (Wildman–Crippen LogP) is 4.33. The Bertz CT molecular complexity index is 846. The van der Waals surface area contributed by atoms with Crippen LogP contribution in [0.4, 0.5) is 0 Å². The summed E-state index contributed by atoms with van der Waals surface area (Å²) in [4.78, 5) is 0. The summed E-state index contributed by atoms with van der Waals surface area (Å²) in [6.07, 6.45) is 2.02. The maximum Gasteiger partial charge on any atom is 0.133 e. The Hall–Kier alpha value is -2.25. The van der Waals surface area contributed by atoms with Crippen molar-refractivity contribution in [1.82, 2.24) is 4.57 Å². The van der Waals surface area contributed by atoms with E-state index in [0.29, 0.717) is 5.56 Å². The van der Waals surface area contributed by atoms with Crippen LogP contribution in [0.2, 0.25) is 0 Å². The van der Waals surface area contributed by atoms with Crippen molar-refractivity contribution in [3.8, 4) is 11.8 Å². The molecule has 3 nitrogen and oxygen atoms in total. The van der Waals surface area contributed by atoms with Crippen LogP contribution in [0.5, 0.6) is 5.75 Å². The smallest absolute Gasteiger partial charge is 0.133 e. The van der Waals surface area contributed by atoms with Crippen LogP contribution in [-0.2, 0) is 6.54 Å². The van der Waals surface area contributed by atoms with E-state index in [0.717, 1.165) is 27.7 Å². The van der Waals surface area contributed by atoms with Gasteiger partial charge in [0.05, 0.1) is 23.2 Å². The fourth-order valence-corrected chi connectivity index (χ4v) is 3.05. The maximum absolute atomic E-state index is 9.15. The van der Waals surface area contributed by atoms with Crippen LogP contribution >= 0.6 is 15.9 Å². The zero-order valence-corrected chi connectivity index (χ0v) is 13.1. The van der Waals surface area contributed by atoms with Gasteiger partial charge in [-0.3, -0.25) is 0 Å². The molecule has 0 aliphatic carbocycles. The van der Waals surface area contributed by atoms with E-state index in [9.17, 15) is 0 Å². The first kappa shape index (κ1) is 13.7. The summed E-state index contributed by atoms with van der Waals surface area (Å²) in [6, 6.07) is 16.1. The van der Waals surface area contributed by atoms with Gasteiger partial charge in [0.25, 0.3) is 0 Å². The highest BCUT2D eigenvalue weighted by Crippen LogP contribution is 2.27. The molecule has 0 aliphatic heterocycles. The molecule has 0 fully saturated rings. The van der Waals surface area contributed by atoms with Crippen molar-refractivity contribution in [3.63, 3.8) is 0 Å². The number of rotatable bonds is 3. The van der Waals surface area contributed by atoms with Crippen molar-refractivity contribution < 1.29 is 4.74 Å². The number of nitriles is 1. The van der Waals surface area contributed by atoms with Gasteiger partial charge in [-0.25, -0.2) is 0 Å². The number of hydrogen-bond acceptors (Lipinski definition) is 2. The molecule has 0 unspecified atom stereocenters. The van der Waals surface area contributed by atoms with Crippen molar-refractivity contribution in [2.75, 3.05) is 7.11 Å².